The van der Waals surface area contributed by atoms with Gasteiger partial charge in [-0.25, -0.2) is 0 Å². The van der Waals surface area contributed by atoms with Crippen LogP contribution in [-0.2, 0) is 7.05 Å². The molecule has 0 spiro atoms. The molecule has 0 amide bonds. The smallest absolute Gasteiger partial charge is 0.126 e. The van der Waals surface area contributed by atoms with Gasteiger partial charge in [-0.3, -0.25) is 9.58 Å². The summed E-state index contributed by atoms with van der Waals surface area (Å²) in [5.41, 5.74) is 0.971. The number of aryl methyl sites for hydroxylation is 1. The molecule has 0 saturated heterocycles. The number of hydrogen-bond donors (Lipinski definition) is 0. The Morgan fingerprint density at radius 1 is 1.57 bits per heavy atom. The lowest BCUT2D eigenvalue weighted by Crippen LogP contribution is -2.27. The van der Waals surface area contributed by atoms with Gasteiger partial charge in [-0.05, 0) is 13.1 Å². The molecular weight excluding hydrogens is 176 g/mol. The standard InChI is InChI=1S/C10H16N4/c1-4-14(5-2)10(6-11)9-7-12-13(3)8-9/h7-8,10H,4-5H2,1-3H3. The summed E-state index contributed by atoms with van der Waals surface area (Å²) in [5, 5.41) is 13.2. The van der Waals surface area contributed by atoms with Gasteiger partial charge in [-0.15, -0.1) is 0 Å². The molecule has 0 aliphatic rings. The van der Waals surface area contributed by atoms with E-state index in [1.54, 1.807) is 10.9 Å². The van der Waals surface area contributed by atoms with Gasteiger partial charge < -0.3 is 0 Å². The van der Waals surface area contributed by atoms with Gasteiger partial charge in [0.05, 0.1) is 12.3 Å². The first-order valence-corrected chi connectivity index (χ1v) is 4.85. The number of nitrogens with zero attached hydrogens (tertiary/aromatic N) is 4. The van der Waals surface area contributed by atoms with Crippen LogP contribution in [-0.4, -0.2) is 27.8 Å². The van der Waals surface area contributed by atoms with E-state index in [9.17, 15) is 0 Å². The van der Waals surface area contributed by atoms with Gasteiger partial charge in [-0.1, -0.05) is 13.8 Å². The fraction of sp³-hybridized carbons (Fsp3) is 0.600. The van der Waals surface area contributed by atoms with Crippen LogP contribution in [0.25, 0.3) is 0 Å². The van der Waals surface area contributed by atoms with Crippen molar-refractivity contribution in [3.05, 3.63) is 18.0 Å². The van der Waals surface area contributed by atoms with E-state index < -0.39 is 0 Å². The van der Waals surface area contributed by atoms with Crippen LogP contribution >= 0.6 is 0 Å². The first-order chi connectivity index (χ1) is 6.72. The first-order valence-electron chi connectivity index (χ1n) is 4.85. The third kappa shape index (κ3) is 2.12. The predicted molar refractivity (Wildman–Crippen MR) is 54.5 cm³/mol. The van der Waals surface area contributed by atoms with Crippen LogP contribution in [0, 0.1) is 11.3 Å². The van der Waals surface area contributed by atoms with Crippen LogP contribution in [0.1, 0.15) is 25.5 Å². The summed E-state index contributed by atoms with van der Waals surface area (Å²) in [5.74, 6) is 0. The van der Waals surface area contributed by atoms with Crippen molar-refractivity contribution in [3.8, 4) is 6.07 Å². The van der Waals surface area contributed by atoms with Crippen LogP contribution in [0.3, 0.4) is 0 Å². The molecule has 0 fully saturated rings. The maximum atomic E-state index is 9.09. The average Bonchev–Trinajstić information content (AvgIpc) is 2.60. The van der Waals surface area contributed by atoms with Crippen LogP contribution in [0.15, 0.2) is 12.4 Å². The first kappa shape index (κ1) is 10.7. The van der Waals surface area contributed by atoms with Crippen molar-refractivity contribution < 1.29 is 0 Å². The second kappa shape index (κ2) is 4.77. The lowest BCUT2D eigenvalue weighted by Gasteiger charge is -2.22. The third-order valence-electron chi connectivity index (χ3n) is 2.34. The Morgan fingerprint density at radius 2 is 2.21 bits per heavy atom. The Bertz CT molecular complexity index is 319. The minimum absolute atomic E-state index is 0.168. The molecule has 1 aromatic heterocycles. The molecule has 0 aliphatic carbocycles. The highest BCUT2D eigenvalue weighted by atomic mass is 15.2. The molecule has 1 rings (SSSR count). The molecular formula is C10H16N4. The lowest BCUT2D eigenvalue weighted by molar-refractivity contribution is 0.262. The second-order valence-electron chi connectivity index (χ2n) is 3.20. The van der Waals surface area contributed by atoms with Gasteiger partial charge in [0.2, 0.25) is 0 Å². The molecule has 4 nitrogen and oxygen atoms in total. The highest BCUT2D eigenvalue weighted by Crippen LogP contribution is 2.18. The zero-order valence-corrected chi connectivity index (χ0v) is 8.94. The van der Waals surface area contributed by atoms with Gasteiger partial charge in [0, 0.05) is 18.8 Å². The number of aromatic nitrogens is 2. The maximum Gasteiger partial charge on any atom is 0.126 e. The SMILES string of the molecule is CCN(CC)C(C#N)c1cnn(C)c1. The van der Waals surface area contributed by atoms with E-state index in [-0.39, 0.29) is 6.04 Å². The highest BCUT2D eigenvalue weighted by Gasteiger charge is 2.18. The Kier molecular flexibility index (Phi) is 3.66. The van der Waals surface area contributed by atoms with Gasteiger partial charge in [0.1, 0.15) is 6.04 Å². The van der Waals surface area contributed by atoms with Crippen LogP contribution in [0.5, 0.6) is 0 Å². The zero-order chi connectivity index (χ0) is 10.6. The van der Waals surface area contributed by atoms with E-state index >= 15 is 0 Å². The minimum atomic E-state index is -0.168. The molecule has 0 aromatic carbocycles. The molecule has 0 saturated carbocycles. The highest BCUT2D eigenvalue weighted by molar-refractivity contribution is 5.17. The van der Waals surface area contributed by atoms with Crippen molar-refractivity contribution in [2.75, 3.05) is 13.1 Å². The van der Waals surface area contributed by atoms with E-state index in [0.29, 0.717) is 0 Å². The summed E-state index contributed by atoms with van der Waals surface area (Å²) in [6, 6.07) is 2.14. The minimum Gasteiger partial charge on any atom is -0.285 e. The van der Waals surface area contributed by atoms with Gasteiger partial charge >= 0.3 is 0 Å². The summed E-state index contributed by atoms with van der Waals surface area (Å²) in [6.45, 7) is 5.88. The third-order valence-corrected chi connectivity index (χ3v) is 2.34. The van der Waals surface area contributed by atoms with E-state index in [4.69, 9.17) is 5.26 Å². The summed E-state index contributed by atoms with van der Waals surface area (Å²) in [4.78, 5) is 2.11. The van der Waals surface area contributed by atoms with E-state index in [2.05, 4.69) is 29.9 Å². The molecule has 4 heteroatoms. The van der Waals surface area contributed by atoms with Crippen LogP contribution < -0.4 is 0 Å². The van der Waals surface area contributed by atoms with E-state index in [1.165, 1.54) is 0 Å². The quantitative estimate of drug-likeness (QED) is 0.723. The van der Waals surface area contributed by atoms with Crippen molar-refractivity contribution in [2.45, 2.75) is 19.9 Å². The van der Waals surface area contributed by atoms with Gasteiger partial charge in [-0.2, -0.15) is 10.4 Å². The maximum absolute atomic E-state index is 9.09. The number of hydrogen-bond acceptors (Lipinski definition) is 3. The van der Waals surface area contributed by atoms with Gasteiger partial charge in [0.15, 0.2) is 0 Å². The van der Waals surface area contributed by atoms with Crippen molar-refractivity contribution in [1.29, 1.82) is 5.26 Å². The Morgan fingerprint density at radius 3 is 2.57 bits per heavy atom. The largest absolute Gasteiger partial charge is 0.285 e. The van der Waals surface area contributed by atoms with Crippen LogP contribution in [0.4, 0.5) is 0 Å². The summed E-state index contributed by atoms with van der Waals surface area (Å²) in [7, 11) is 1.86. The zero-order valence-electron chi connectivity index (χ0n) is 8.94. The molecule has 0 bridgehead atoms. The normalized spacial score (nSPS) is 12.8. The molecule has 1 unspecified atom stereocenters. The van der Waals surface area contributed by atoms with E-state index in [0.717, 1.165) is 18.7 Å². The van der Waals surface area contributed by atoms with Crippen molar-refractivity contribution in [2.24, 2.45) is 7.05 Å². The Labute approximate surface area is 84.7 Å². The molecule has 14 heavy (non-hydrogen) atoms. The second-order valence-corrected chi connectivity index (χ2v) is 3.20. The van der Waals surface area contributed by atoms with Gasteiger partial charge in [0.25, 0.3) is 0 Å². The van der Waals surface area contributed by atoms with Crippen molar-refractivity contribution in [3.63, 3.8) is 0 Å². The molecule has 1 atom stereocenters. The molecule has 1 aromatic rings. The molecule has 0 aliphatic heterocycles. The van der Waals surface area contributed by atoms with Crippen molar-refractivity contribution >= 4 is 0 Å². The lowest BCUT2D eigenvalue weighted by atomic mass is 10.1. The average molecular weight is 192 g/mol. The molecule has 0 radical (unpaired) electrons. The van der Waals surface area contributed by atoms with Crippen molar-refractivity contribution in [1.82, 2.24) is 14.7 Å². The summed E-state index contributed by atoms with van der Waals surface area (Å²) < 4.78 is 1.73. The fourth-order valence-corrected chi connectivity index (χ4v) is 1.54. The van der Waals surface area contributed by atoms with E-state index in [1.807, 2.05) is 13.2 Å². The molecule has 76 valence electrons. The van der Waals surface area contributed by atoms with Crippen LogP contribution in [0.2, 0.25) is 0 Å². The Balaban J connectivity index is 2.87. The number of nitriles is 1. The number of rotatable bonds is 4. The monoisotopic (exact) mass is 192 g/mol. The fourth-order valence-electron chi connectivity index (χ4n) is 1.54. The Hall–Kier alpha value is -1.34. The summed E-state index contributed by atoms with van der Waals surface area (Å²) in [6.07, 6.45) is 3.65. The molecule has 0 N–H and O–H groups in total. The predicted octanol–water partition coefficient (Wildman–Crippen LogP) is 1.33. The summed E-state index contributed by atoms with van der Waals surface area (Å²) >= 11 is 0. The topological polar surface area (TPSA) is 44.9 Å². The molecule has 1 heterocycles.